The van der Waals surface area contributed by atoms with Gasteiger partial charge in [-0.3, -0.25) is 19.4 Å². The van der Waals surface area contributed by atoms with Gasteiger partial charge in [0.05, 0.1) is 23.5 Å². The molecule has 0 radical (unpaired) electrons. The minimum Gasteiger partial charge on any atom is -0.306 e. The quantitative estimate of drug-likeness (QED) is 0.719. The lowest BCUT2D eigenvalue weighted by Crippen LogP contribution is -2.34. The first-order valence-corrected chi connectivity index (χ1v) is 9.88. The summed E-state index contributed by atoms with van der Waals surface area (Å²) in [4.78, 5) is 28.7. The largest absolute Gasteiger partial charge is 0.306 e. The van der Waals surface area contributed by atoms with E-state index in [2.05, 4.69) is 25.3 Å². The van der Waals surface area contributed by atoms with E-state index in [1.54, 1.807) is 30.2 Å². The molecule has 1 aliphatic rings. The number of likely N-dealkylation sites (tertiary alicyclic amines) is 1. The van der Waals surface area contributed by atoms with Crippen LogP contribution in [0.1, 0.15) is 52.9 Å². The summed E-state index contributed by atoms with van der Waals surface area (Å²) < 4.78 is 1.60. The van der Waals surface area contributed by atoms with Gasteiger partial charge in [-0.2, -0.15) is 5.10 Å². The highest BCUT2D eigenvalue weighted by Gasteiger charge is 2.27. The Kier molecular flexibility index (Phi) is 5.62. The van der Waals surface area contributed by atoms with E-state index in [9.17, 15) is 4.79 Å². The average molecular weight is 391 g/mol. The van der Waals surface area contributed by atoms with Crippen molar-refractivity contribution in [2.75, 3.05) is 11.9 Å². The standard InChI is InChI=1S/C21H25N7O/c1-15-11-19(26-21(29)16-12-23-27(2)13-16)25-20(24-15)18-8-4-6-10-28(18)14-17-7-3-5-9-22-17/h3,5,7,9,11-13,18H,4,6,8,10,14H2,1-2H3,(H,24,25,26,29). The number of nitrogens with zero attached hydrogens (tertiary/aromatic N) is 6. The molecule has 29 heavy (non-hydrogen) atoms. The highest BCUT2D eigenvalue weighted by atomic mass is 16.1. The Morgan fingerprint density at radius 1 is 1.28 bits per heavy atom. The van der Waals surface area contributed by atoms with Crippen molar-refractivity contribution < 1.29 is 4.79 Å². The molecule has 0 saturated carbocycles. The number of hydrogen-bond acceptors (Lipinski definition) is 6. The molecule has 0 bridgehead atoms. The summed E-state index contributed by atoms with van der Waals surface area (Å²) in [6, 6.07) is 7.89. The number of pyridine rings is 1. The number of carbonyl (C=O) groups excluding carboxylic acids is 1. The second-order valence-electron chi connectivity index (χ2n) is 7.41. The van der Waals surface area contributed by atoms with Gasteiger partial charge in [-0.15, -0.1) is 0 Å². The van der Waals surface area contributed by atoms with Gasteiger partial charge in [-0.1, -0.05) is 12.5 Å². The number of rotatable bonds is 5. The molecular weight excluding hydrogens is 366 g/mol. The lowest BCUT2D eigenvalue weighted by atomic mass is 10.0. The molecule has 8 heteroatoms. The van der Waals surface area contributed by atoms with Crippen LogP contribution in [0.3, 0.4) is 0 Å². The summed E-state index contributed by atoms with van der Waals surface area (Å²) in [5.74, 6) is 1.04. The van der Waals surface area contributed by atoms with Gasteiger partial charge in [0.2, 0.25) is 0 Å². The first kappa shape index (κ1) is 19.2. The van der Waals surface area contributed by atoms with Crippen LogP contribution in [0.15, 0.2) is 42.9 Å². The highest BCUT2D eigenvalue weighted by molar-refractivity contribution is 6.03. The number of piperidine rings is 1. The number of nitrogens with one attached hydrogen (secondary N) is 1. The first-order valence-electron chi connectivity index (χ1n) is 9.88. The fourth-order valence-corrected chi connectivity index (χ4v) is 3.70. The molecule has 1 N–H and O–H groups in total. The van der Waals surface area contributed by atoms with E-state index in [1.807, 2.05) is 31.3 Å². The van der Waals surface area contributed by atoms with Crippen molar-refractivity contribution in [2.24, 2.45) is 7.05 Å². The molecule has 4 rings (SSSR count). The van der Waals surface area contributed by atoms with E-state index in [1.165, 1.54) is 0 Å². The zero-order chi connectivity index (χ0) is 20.2. The molecule has 1 amide bonds. The van der Waals surface area contributed by atoms with Crippen molar-refractivity contribution in [3.63, 3.8) is 0 Å². The van der Waals surface area contributed by atoms with Gasteiger partial charge in [0.15, 0.2) is 0 Å². The Hall–Kier alpha value is -3.13. The molecule has 1 atom stereocenters. The fraction of sp³-hybridized carbons (Fsp3) is 0.381. The number of carbonyl (C=O) groups is 1. The maximum absolute atomic E-state index is 12.5. The summed E-state index contributed by atoms with van der Waals surface area (Å²) in [5, 5.41) is 6.93. The topological polar surface area (TPSA) is 88.8 Å². The van der Waals surface area contributed by atoms with Gasteiger partial charge in [0.25, 0.3) is 5.91 Å². The smallest absolute Gasteiger partial charge is 0.260 e. The lowest BCUT2D eigenvalue weighted by molar-refractivity contribution is 0.102. The maximum atomic E-state index is 12.5. The average Bonchev–Trinajstić information content (AvgIpc) is 3.15. The third-order valence-corrected chi connectivity index (χ3v) is 5.08. The highest BCUT2D eigenvalue weighted by Crippen LogP contribution is 2.30. The number of aromatic nitrogens is 5. The van der Waals surface area contributed by atoms with Crippen LogP contribution in [-0.2, 0) is 13.6 Å². The summed E-state index contributed by atoms with van der Waals surface area (Å²) in [7, 11) is 1.78. The Morgan fingerprint density at radius 3 is 2.93 bits per heavy atom. The van der Waals surface area contributed by atoms with Gasteiger partial charge in [-0.25, -0.2) is 9.97 Å². The predicted octanol–water partition coefficient (Wildman–Crippen LogP) is 2.89. The van der Waals surface area contributed by atoms with E-state index < -0.39 is 0 Å². The second-order valence-corrected chi connectivity index (χ2v) is 7.41. The van der Waals surface area contributed by atoms with Gasteiger partial charge < -0.3 is 5.32 Å². The molecule has 8 nitrogen and oxygen atoms in total. The minimum absolute atomic E-state index is 0.111. The first-order chi connectivity index (χ1) is 14.1. The van der Waals surface area contributed by atoms with Crippen molar-refractivity contribution in [3.8, 4) is 0 Å². The second kappa shape index (κ2) is 8.48. The molecule has 0 spiro atoms. The summed E-state index contributed by atoms with van der Waals surface area (Å²) in [5.41, 5.74) is 2.37. The normalized spacial score (nSPS) is 17.2. The van der Waals surface area contributed by atoms with Gasteiger partial charge in [-0.05, 0) is 38.4 Å². The SMILES string of the molecule is Cc1cc(NC(=O)c2cnn(C)c2)nc(C2CCCCN2Cc2ccccn2)n1. The van der Waals surface area contributed by atoms with Gasteiger partial charge in [0.1, 0.15) is 11.6 Å². The molecule has 3 aromatic rings. The molecule has 1 fully saturated rings. The van der Waals surface area contributed by atoms with Crippen molar-refractivity contribution in [2.45, 2.75) is 38.8 Å². The summed E-state index contributed by atoms with van der Waals surface area (Å²) in [6.45, 7) is 3.67. The fourth-order valence-electron chi connectivity index (χ4n) is 3.70. The van der Waals surface area contributed by atoms with Crippen molar-refractivity contribution >= 4 is 11.7 Å². The molecule has 150 valence electrons. The molecule has 1 saturated heterocycles. The van der Waals surface area contributed by atoms with Crippen LogP contribution in [0.4, 0.5) is 5.82 Å². The number of anilines is 1. The monoisotopic (exact) mass is 391 g/mol. The van der Waals surface area contributed by atoms with Crippen molar-refractivity contribution in [3.05, 3.63) is 65.6 Å². The van der Waals surface area contributed by atoms with Crippen LogP contribution in [0, 0.1) is 6.92 Å². The van der Waals surface area contributed by atoms with E-state index in [0.29, 0.717) is 11.4 Å². The zero-order valence-electron chi connectivity index (χ0n) is 16.7. The molecule has 0 aliphatic carbocycles. The molecule has 4 heterocycles. The maximum Gasteiger partial charge on any atom is 0.260 e. The Labute approximate surface area is 170 Å². The Bertz CT molecular complexity index is 986. The molecular formula is C21H25N7O. The predicted molar refractivity (Wildman–Crippen MR) is 109 cm³/mol. The molecule has 0 aromatic carbocycles. The van der Waals surface area contributed by atoms with E-state index in [0.717, 1.165) is 49.6 Å². The van der Waals surface area contributed by atoms with Crippen molar-refractivity contribution in [1.29, 1.82) is 0 Å². The van der Waals surface area contributed by atoms with Crippen LogP contribution in [0.2, 0.25) is 0 Å². The third-order valence-electron chi connectivity index (χ3n) is 5.08. The summed E-state index contributed by atoms with van der Waals surface area (Å²) in [6.07, 6.45) is 8.33. The van der Waals surface area contributed by atoms with Crippen LogP contribution in [-0.4, -0.2) is 42.1 Å². The van der Waals surface area contributed by atoms with Crippen molar-refractivity contribution in [1.82, 2.24) is 29.6 Å². The Morgan fingerprint density at radius 2 is 2.17 bits per heavy atom. The molecule has 1 aliphatic heterocycles. The van der Waals surface area contributed by atoms with Gasteiger partial charge >= 0.3 is 0 Å². The van der Waals surface area contributed by atoms with Crippen LogP contribution >= 0.6 is 0 Å². The van der Waals surface area contributed by atoms with Crippen LogP contribution in [0.25, 0.3) is 0 Å². The minimum atomic E-state index is -0.226. The lowest BCUT2D eigenvalue weighted by Gasteiger charge is -2.34. The van der Waals surface area contributed by atoms with E-state index in [-0.39, 0.29) is 11.9 Å². The Balaban J connectivity index is 1.55. The molecule has 3 aromatic heterocycles. The van der Waals surface area contributed by atoms with Gasteiger partial charge in [0, 0.05) is 37.7 Å². The number of aryl methyl sites for hydroxylation is 2. The van der Waals surface area contributed by atoms with Crippen LogP contribution < -0.4 is 5.32 Å². The zero-order valence-corrected chi connectivity index (χ0v) is 16.7. The molecule has 1 unspecified atom stereocenters. The number of amides is 1. The van der Waals surface area contributed by atoms with E-state index in [4.69, 9.17) is 4.98 Å². The van der Waals surface area contributed by atoms with Crippen LogP contribution in [0.5, 0.6) is 0 Å². The number of hydrogen-bond donors (Lipinski definition) is 1. The van der Waals surface area contributed by atoms with E-state index >= 15 is 0 Å². The third kappa shape index (κ3) is 4.65. The summed E-state index contributed by atoms with van der Waals surface area (Å²) >= 11 is 0.